The van der Waals surface area contributed by atoms with Gasteiger partial charge in [0.05, 0.1) is 6.54 Å². The lowest BCUT2D eigenvalue weighted by Crippen LogP contribution is -2.48. The molecule has 1 atom stereocenters. The van der Waals surface area contributed by atoms with E-state index in [1.54, 1.807) is 4.90 Å². The van der Waals surface area contributed by atoms with Gasteiger partial charge in [-0.1, -0.05) is 12.8 Å². The number of hydrogen-bond acceptors (Lipinski definition) is 4. The van der Waals surface area contributed by atoms with Crippen LogP contribution in [0.25, 0.3) is 0 Å². The summed E-state index contributed by atoms with van der Waals surface area (Å²) in [5.74, 6) is -1.36. The first-order valence-corrected chi connectivity index (χ1v) is 7.13. The Morgan fingerprint density at radius 2 is 1.80 bits per heavy atom. The van der Waals surface area contributed by atoms with E-state index in [9.17, 15) is 14.4 Å². The number of carboxylic acids is 1. The fraction of sp³-hybridized carbons (Fsp3) is 0.769. The molecule has 3 N–H and O–H groups in total. The first-order valence-electron chi connectivity index (χ1n) is 7.13. The van der Waals surface area contributed by atoms with E-state index in [1.165, 1.54) is 0 Å². The molecule has 0 radical (unpaired) electrons. The van der Waals surface area contributed by atoms with Crippen molar-refractivity contribution in [1.82, 2.24) is 15.5 Å². The first kappa shape index (κ1) is 14.8. The fourth-order valence-electron chi connectivity index (χ4n) is 2.94. The SMILES string of the molecule is O=C(CN1CCCC1C(=O)O)NC(=O)NC1CCCC1. The molecule has 2 aliphatic rings. The molecule has 1 aliphatic heterocycles. The van der Waals surface area contributed by atoms with Crippen LogP contribution in [0.4, 0.5) is 4.79 Å². The molecule has 0 aromatic rings. The summed E-state index contributed by atoms with van der Waals surface area (Å²) >= 11 is 0. The van der Waals surface area contributed by atoms with Crippen molar-refractivity contribution in [2.24, 2.45) is 0 Å². The molecule has 2 rings (SSSR count). The number of carbonyl (C=O) groups is 3. The average molecular weight is 283 g/mol. The Labute approximate surface area is 117 Å². The van der Waals surface area contributed by atoms with Crippen molar-refractivity contribution in [1.29, 1.82) is 0 Å². The lowest BCUT2D eigenvalue weighted by molar-refractivity contribution is -0.142. The van der Waals surface area contributed by atoms with Crippen LogP contribution in [0.5, 0.6) is 0 Å². The minimum Gasteiger partial charge on any atom is -0.480 e. The van der Waals surface area contributed by atoms with Crippen LogP contribution in [-0.2, 0) is 9.59 Å². The number of urea groups is 1. The number of carboxylic acid groups (broad SMARTS) is 1. The second-order valence-electron chi connectivity index (χ2n) is 5.47. The zero-order chi connectivity index (χ0) is 14.5. The number of amides is 3. The summed E-state index contributed by atoms with van der Waals surface area (Å²) in [6.45, 7) is 0.531. The van der Waals surface area contributed by atoms with Crippen LogP contribution in [0.1, 0.15) is 38.5 Å². The number of nitrogens with one attached hydrogen (secondary N) is 2. The third kappa shape index (κ3) is 3.93. The average Bonchev–Trinajstić information content (AvgIpc) is 2.99. The predicted octanol–water partition coefficient (Wildman–Crippen LogP) is 0.304. The number of carbonyl (C=O) groups excluding carboxylic acids is 2. The van der Waals surface area contributed by atoms with E-state index in [-0.39, 0.29) is 12.6 Å². The largest absolute Gasteiger partial charge is 0.480 e. The summed E-state index contributed by atoms with van der Waals surface area (Å²) in [5, 5.41) is 14.0. The molecule has 0 aromatic carbocycles. The van der Waals surface area contributed by atoms with E-state index < -0.39 is 23.9 Å². The predicted molar refractivity (Wildman–Crippen MR) is 71.2 cm³/mol. The summed E-state index contributed by atoms with van der Waals surface area (Å²) in [6, 6.07) is -0.937. The maximum Gasteiger partial charge on any atom is 0.321 e. The zero-order valence-corrected chi connectivity index (χ0v) is 11.4. The molecule has 7 nitrogen and oxygen atoms in total. The molecule has 3 amide bonds. The quantitative estimate of drug-likeness (QED) is 0.689. The van der Waals surface area contributed by atoms with E-state index in [2.05, 4.69) is 10.6 Å². The summed E-state index contributed by atoms with van der Waals surface area (Å²) in [6.07, 6.45) is 5.43. The van der Waals surface area contributed by atoms with Gasteiger partial charge < -0.3 is 10.4 Å². The van der Waals surface area contributed by atoms with Crippen molar-refractivity contribution in [2.45, 2.75) is 50.6 Å². The van der Waals surface area contributed by atoms with Crippen LogP contribution in [0, 0.1) is 0 Å². The van der Waals surface area contributed by atoms with Crippen molar-refractivity contribution in [2.75, 3.05) is 13.1 Å². The highest BCUT2D eigenvalue weighted by Crippen LogP contribution is 2.18. The second kappa shape index (κ2) is 6.69. The van der Waals surface area contributed by atoms with Crippen molar-refractivity contribution in [3.8, 4) is 0 Å². The molecule has 1 saturated carbocycles. The van der Waals surface area contributed by atoms with E-state index in [0.29, 0.717) is 13.0 Å². The summed E-state index contributed by atoms with van der Waals surface area (Å²) < 4.78 is 0. The Hall–Kier alpha value is -1.63. The molecule has 20 heavy (non-hydrogen) atoms. The Balaban J connectivity index is 1.74. The van der Waals surface area contributed by atoms with Gasteiger partial charge in [-0.2, -0.15) is 0 Å². The summed E-state index contributed by atoms with van der Waals surface area (Å²) in [4.78, 5) is 36.0. The third-order valence-electron chi connectivity index (χ3n) is 3.94. The van der Waals surface area contributed by atoms with Gasteiger partial charge in [0.15, 0.2) is 0 Å². The van der Waals surface area contributed by atoms with Gasteiger partial charge in [0.25, 0.3) is 0 Å². The molecule has 2 fully saturated rings. The third-order valence-corrected chi connectivity index (χ3v) is 3.94. The molecular formula is C13H21N3O4. The van der Waals surface area contributed by atoms with Crippen LogP contribution < -0.4 is 10.6 Å². The minimum absolute atomic E-state index is 0.0466. The van der Waals surface area contributed by atoms with Gasteiger partial charge in [-0.25, -0.2) is 4.79 Å². The van der Waals surface area contributed by atoms with Crippen molar-refractivity contribution < 1.29 is 19.5 Å². The number of imide groups is 1. The van der Waals surface area contributed by atoms with Gasteiger partial charge >= 0.3 is 12.0 Å². The maximum atomic E-state index is 11.7. The van der Waals surface area contributed by atoms with Crippen LogP contribution in [0.15, 0.2) is 0 Å². The van der Waals surface area contributed by atoms with Gasteiger partial charge in [0.1, 0.15) is 6.04 Å². The molecule has 0 bridgehead atoms. The van der Waals surface area contributed by atoms with Crippen molar-refractivity contribution in [3.05, 3.63) is 0 Å². The Kier molecular flexibility index (Phi) is 4.94. The van der Waals surface area contributed by atoms with Crippen LogP contribution in [0.2, 0.25) is 0 Å². The number of rotatable bonds is 4. The molecule has 0 spiro atoms. The number of likely N-dealkylation sites (tertiary alicyclic amines) is 1. The van der Waals surface area contributed by atoms with Crippen LogP contribution in [0.3, 0.4) is 0 Å². The van der Waals surface area contributed by atoms with Gasteiger partial charge in [-0.15, -0.1) is 0 Å². The van der Waals surface area contributed by atoms with E-state index in [4.69, 9.17) is 5.11 Å². The molecule has 1 aliphatic carbocycles. The standard InChI is InChI=1S/C13H21N3O4/c17-11(8-16-7-3-6-10(16)12(18)19)15-13(20)14-9-4-1-2-5-9/h9-10H,1-8H2,(H,18,19)(H2,14,15,17,20). The number of hydrogen-bond donors (Lipinski definition) is 3. The topological polar surface area (TPSA) is 98.7 Å². The Morgan fingerprint density at radius 1 is 1.10 bits per heavy atom. The van der Waals surface area contributed by atoms with E-state index in [0.717, 1.165) is 32.1 Å². The van der Waals surface area contributed by atoms with Crippen LogP contribution >= 0.6 is 0 Å². The zero-order valence-electron chi connectivity index (χ0n) is 11.4. The molecule has 1 heterocycles. The first-order chi connectivity index (χ1) is 9.56. The lowest BCUT2D eigenvalue weighted by Gasteiger charge is -2.20. The van der Waals surface area contributed by atoms with Gasteiger partial charge in [0.2, 0.25) is 5.91 Å². The normalized spacial score (nSPS) is 23.7. The molecule has 1 unspecified atom stereocenters. The Bertz CT molecular complexity index is 393. The van der Waals surface area contributed by atoms with Crippen molar-refractivity contribution in [3.63, 3.8) is 0 Å². The molecule has 0 aromatic heterocycles. The lowest BCUT2D eigenvalue weighted by atomic mass is 10.2. The van der Waals surface area contributed by atoms with Gasteiger partial charge in [0, 0.05) is 6.04 Å². The smallest absolute Gasteiger partial charge is 0.321 e. The molecular weight excluding hydrogens is 262 g/mol. The summed E-state index contributed by atoms with van der Waals surface area (Å²) in [7, 11) is 0. The fourth-order valence-corrected chi connectivity index (χ4v) is 2.94. The van der Waals surface area contributed by atoms with Crippen molar-refractivity contribution >= 4 is 17.9 Å². The minimum atomic E-state index is -0.911. The van der Waals surface area contributed by atoms with Gasteiger partial charge in [-0.05, 0) is 32.2 Å². The molecule has 7 heteroatoms. The highest BCUT2D eigenvalue weighted by Gasteiger charge is 2.31. The van der Waals surface area contributed by atoms with E-state index >= 15 is 0 Å². The van der Waals surface area contributed by atoms with Gasteiger partial charge in [-0.3, -0.25) is 19.8 Å². The maximum absolute atomic E-state index is 11.7. The Morgan fingerprint density at radius 3 is 2.45 bits per heavy atom. The highest BCUT2D eigenvalue weighted by molar-refractivity contribution is 5.95. The monoisotopic (exact) mass is 283 g/mol. The summed E-state index contributed by atoms with van der Waals surface area (Å²) in [5.41, 5.74) is 0. The number of aliphatic carboxylic acids is 1. The molecule has 1 saturated heterocycles. The molecule has 112 valence electrons. The second-order valence-corrected chi connectivity index (χ2v) is 5.47. The van der Waals surface area contributed by atoms with Crippen LogP contribution in [-0.4, -0.2) is 53.1 Å². The number of nitrogens with zero attached hydrogens (tertiary/aromatic N) is 1. The highest BCUT2D eigenvalue weighted by atomic mass is 16.4. The van der Waals surface area contributed by atoms with E-state index in [1.807, 2.05) is 0 Å².